The lowest BCUT2D eigenvalue weighted by molar-refractivity contribution is -0.203. The lowest BCUT2D eigenvalue weighted by Crippen LogP contribution is -2.59. The van der Waals surface area contributed by atoms with Crippen LogP contribution in [0.4, 0.5) is 0 Å². The van der Waals surface area contributed by atoms with Crippen LogP contribution in [-0.2, 0) is 39.9 Å². The fourth-order valence-electron chi connectivity index (χ4n) is 3.24. The van der Waals surface area contributed by atoms with Gasteiger partial charge in [0.1, 0.15) is 18.3 Å². The molecule has 9 nitrogen and oxygen atoms in total. The van der Waals surface area contributed by atoms with Crippen molar-refractivity contribution in [3.05, 3.63) is 35.9 Å². The number of aliphatic hydroxyl groups excluding tert-OH is 1. The number of ether oxygens (including phenoxy) is 5. The maximum absolute atomic E-state index is 12.4. The van der Waals surface area contributed by atoms with Crippen LogP contribution in [0.3, 0.4) is 0 Å². The first-order valence-electron chi connectivity index (χ1n) is 9.74. The van der Waals surface area contributed by atoms with Gasteiger partial charge < -0.3 is 33.9 Å². The van der Waals surface area contributed by atoms with Gasteiger partial charge in [0.2, 0.25) is 5.60 Å². The van der Waals surface area contributed by atoms with Crippen molar-refractivity contribution in [2.75, 3.05) is 20.3 Å². The summed E-state index contributed by atoms with van der Waals surface area (Å²) in [5.41, 5.74) is -1.63. The zero-order chi connectivity index (χ0) is 22.4. The Morgan fingerprint density at radius 2 is 1.90 bits per heavy atom. The van der Waals surface area contributed by atoms with E-state index in [-0.39, 0.29) is 13.2 Å². The number of rotatable bonds is 10. The number of hydrogen-bond donors (Lipinski definition) is 2. The largest absolute Gasteiger partial charge is 0.469 e. The molecule has 0 bridgehead atoms. The Balaban J connectivity index is 2.17. The van der Waals surface area contributed by atoms with Gasteiger partial charge >= 0.3 is 11.9 Å². The van der Waals surface area contributed by atoms with Gasteiger partial charge in [-0.05, 0) is 26.3 Å². The van der Waals surface area contributed by atoms with Crippen LogP contribution in [0.5, 0.6) is 0 Å². The SMILES string of the molecule is CCOC(=O)[C@@](O)(CC(=O)OC)[C@@H](O)[C@@H]1OC(C)(C)O[C@H]1COCc1ccccc1. The number of esters is 2. The molecule has 1 fully saturated rings. The summed E-state index contributed by atoms with van der Waals surface area (Å²) in [6.45, 7) is 5.08. The van der Waals surface area contributed by atoms with E-state index in [0.29, 0.717) is 6.61 Å². The molecule has 1 heterocycles. The lowest BCUT2D eigenvalue weighted by Gasteiger charge is -2.34. The summed E-state index contributed by atoms with van der Waals surface area (Å²) in [6.07, 6.45) is -4.60. The fourth-order valence-corrected chi connectivity index (χ4v) is 3.24. The summed E-state index contributed by atoms with van der Waals surface area (Å²) in [4.78, 5) is 24.2. The molecule has 0 saturated carbocycles. The monoisotopic (exact) mass is 426 g/mol. The van der Waals surface area contributed by atoms with E-state index in [1.165, 1.54) is 0 Å². The quantitative estimate of drug-likeness (QED) is 0.527. The van der Waals surface area contributed by atoms with Gasteiger partial charge in [-0.1, -0.05) is 30.3 Å². The first-order chi connectivity index (χ1) is 14.1. The molecule has 4 atom stereocenters. The second-order valence-corrected chi connectivity index (χ2v) is 7.48. The van der Waals surface area contributed by atoms with Crippen LogP contribution in [0.1, 0.15) is 32.8 Å². The molecular weight excluding hydrogens is 396 g/mol. The van der Waals surface area contributed by atoms with Crippen LogP contribution < -0.4 is 0 Å². The summed E-state index contributed by atoms with van der Waals surface area (Å²) < 4.78 is 26.7. The minimum Gasteiger partial charge on any atom is -0.469 e. The molecule has 2 rings (SSSR count). The van der Waals surface area contributed by atoms with Crippen LogP contribution >= 0.6 is 0 Å². The van der Waals surface area contributed by atoms with Crippen molar-refractivity contribution in [2.45, 2.75) is 63.5 Å². The van der Waals surface area contributed by atoms with Crippen molar-refractivity contribution >= 4 is 11.9 Å². The van der Waals surface area contributed by atoms with Gasteiger partial charge in [-0.2, -0.15) is 0 Å². The van der Waals surface area contributed by atoms with Gasteiger partial charge in [0.05, 0.1) is 33.4 Å². The zero-order valence-electron chi connectivity index (χ0n) is 17.7. The average molecular weight is 426 g/mol. The molecule has 168 valence electrons. The highest BCUT2D eigenvalue weighted by Crippen LogP contribution is 2.35. The Bertz CT molecular complexity index is 706. The van der Waals surface area contributed by atoms with Crippen LogP contribution in [0.2, 0.25) is 0 Å². The molecular formula is C21H30O9. The normalized spacial score (nSPS) is 23.4. The highest BCUT2D eigenvalue weighted by atomic mass is 16.8. The molecule has 0 unspecified atom stereocenters. The van der Waals surface area contributed by atoms with E-state index in [9.17, 15) is 19.8 Å². The number of aliphatic hydroxyl groups is 2. The zero-order valence-corrected chi connectivity index (χ0v) is 17.7. The number of methoxy groups -OCH3 is 1. The third-order valence-electron chi connectivity index (χ3n) is 4.69. The minimum atomic E-state index is -2.57. The standard InChI is InChI=1S/C21H30O9/c1-5-28-19(24)21(25,11-16(22)26-4)18(23)17-15(29-20(2,3)30-17)13-27-12-14-9-7-6-8-10-14/h6-10,15,17-18,23,25H,5,11-13H2,1-4H3/t15-,17+,18-,21+/m0/s1. The first kappa shape index (κ1) is 24.2. The molecule has 1 aromatic carbocycles. The summed E-state index contributed by atoms with van der Waals surface area (Å²) in [5, 5.41) is 21.8. The smallest absolute Gasteiger partial charge is 0.341 e. The number of carbonyl (C=O) groups excluding carboxylic acids is 2. The van der Waals surface area contributed by atoms with E-state index in [0.717, 1.165) is 12.7 Å². The third kappa shape index (κ3) is 5.99. The second kappa shape index (κ2) is 10.3. The molecule has 30 heavy (non-hydrogen) atoms. The van der Waals surface area contributed by atoms with E-state index < -0.39 is 48.1 Å². The highest BCUT2D eigenvalue weighted by molar-refractivity contribution is 5.86. The summed E-state index contributed by atoms with van der Waals surface area (Å²) in [5.74, 6) is -3.15. The van der Waals surface area contributed by atoms with Crippen molar-refractivity contribution in [1.82, 2.24) is 0 Å². The molecule has 2 N–H and O–H groups in total. The lowest BCUT2D eigenvalue weighted by atomic mass is 9.87. The minimum absolute atomic E-state index is 0.0250. The Labute approximate surface area is 175 Å². The molecule has 0 aliphatic carbocycles. The van der Waals surface area contributed by atoms with Crippen molar-refractivity contribution in [3.63, 3.8) is 0 Å². The van der Waals surface area contributed by atoms with Crippen LogP contribution in [0, 0.1) is 0 Å². The Morgan fingerprint density at radius 1 is 1.23 bits per heavy atom. The van der Waals surface area contributed by atoms with Crippen molar-refractivity contribution in [2.24, 2.45) is 0 Å². The maximum atomic E-state index is 12.4. The van der Waals surface area contributed by atoms with E-state index in [1.54, 1.807) is 20.8 Å². The fraction of sp³-hybridized carbons (Fsp3) is 0.619. The predicted octanol–water partition coefficient (Wildman–Crippen LogP) is 0.942. The third-order valence-corrected chi connectivity index (χ3v) is 4.69. The van der Waals surface area contributed by atoms with Gasteiger partial charge in [-0.25, -0.2) is 4.79 Å². The predicted molar refractivity (Wildman–Crippen MR) is 104 cm³/mol. The summed E-state index contributed by atoms with van der Waals surface area (Å²) in [6, 6.07) is 9.46. The number of hydrogen-bond acceptors (Lipinski definition) is 9. The Kier molecular flexibility index (Phi) is 8.34. The van der Waals surface area contributed by atoms with Crippen molar-refractivity contribution < 1.29 is 43.5 Å². The molecule has 0 radical (unpaired) electrons. The average Bonchev–Trinajstić information content (AvgIpc) is 3.02. The van der Waals surface area contributed by atoms with Gasteiger partial charge in [-0.3, -0.25) is 4.79 Å². The number of carbonyl (C=O) groups is 2. The highest BCUT2D eigenvalue weighted by Gasteiger charge is 2.56. The molecule has 0 spiro atoms. The molecule has 1 saturated heterocycles. The van der Waals surface area contributed by atoms with Crippen LogP contribution in [-0.4, -0.2) is 72.2 Å². The van der Waals surface area contributed by atoms with Crippen LogP contribution in [0.25, 0.3) is 0 Å². The summed E-state index contributed by atoms with van der Waals surface area (Å²) >= 11 is 0. The Morgan fingerprint density at radius 3 is 2.50 bits per heavy atom. The summed E-state index contributed by atoms with van der Waals surface area (Å²) in [7, 11) is 1.11. The molecule has 0 amide bonds. The van der Waals surface area contributed by atoms with E-state index in [4.69, 9.17) is 18.9 Å². The van der Waals surface area contributed by atoms with Gasteiger partial charge in [-0.15, -0.1) is 0 Å². The van der Waals surface area contributed by atoms with E-state index in [1.807, 2.05) is 30.3 Å². The topological polar surface area (TPSA) is 121 Å². The molecule has 0 aromatic heterocycles. The molecule has 1 aliphatic heterocycles. The van der Waals surface area contributed by atoms with Crippen molar-refractivity contribution in [3.8, 4) is 0 Å². The molecule has 9 heteroatoms. The number of benzene rings is 1. The Hall–Kier alpha value is -2.04. The second-order valence-electron chi connectivity index (χ2n) is 7.48. The first-order valence-corrected chi connectivity index (χ1v) is 9.74. The van der Waals surface area contributed by atoms with Gasteiger partial charge in [0.15, 0.2) is 5.79 Å². The molecule has 1 aliphatic rings. The maximum Gasteiger partial charge on any atom is 0.341 e. The van der Waals surface area contributed by atoms with Gasteiger partial charge in [0.25, 0.3) is 0 Å². The van der Waals surface area contributed by atoms with Crippen molar-refractivity contribution in [1.29, 1.82) is 0 Å². The van der Waals surface area contributed by atoms with E-state index >= 15 is 0 Å². The van der Waals surface area contributed by atoms with Gasteiger partial charge in [0, 0.05) is 0 Å². The molecule has 1 aromatic rings. The van der Waals surface area contributed by atoms with Crippen LogP contribution in [0.15, 0.2) is 30.3 Å². The van der Waals surface area contributed by atoms with E-state index in [2.05, 4.69) is 4.74 Å².